The molecule has 0 spiro atoms. The number of aryl methyl sites for hydroxylation is 1. The van der Waals surface area contributed by atoms with E-state index < -0.39 is 17.7 Å². The van der Waals surface area contributed by atoms with E-state index in [9.17, 15) is 4.39 Å². The molecule has 4 aromatic rings. The van der Waals surface area contributed by atoms with Gasteiger partial charge in [-0.2, -0.15) is 5.10 Å². The van der Waals surface area contributed by atoms with E-state index in [0.29, 0.717) is 41.0 Å². The molecule has 1 atom stereocenters. The third-order valence-corrected chi connectivity index (χ3v) is 5.75. The number of pyridine rings is 2. The first-order valence-corrected chi connectivity index (χ1v) is 10.4. The Balaban J connectivity index is 1.84. The zero-order valence-electron chi connectivity index (χ0n) is 17.6. The Hall–Kier alpha value is -3.81. The monoisotopic (exact) mass is 433 g/mol. The third kappa shape index (κ3) is 3.28. The van der Waals surface area contributed by atoms with Gasteiger partial charge in [0.05, 0.1) is 18.1 Å². The molecule has 5 rings (SSSR count). The number of hydrogen-bond acceptors (Lipinski definition) is 5. The Morgan fingerprint density at radius 2 is 1.97 bits per heavy atom. The smallest absolute Gasteiger partial charge is 0.166 e. The molecule has 0 amide bonds. The number of rotatable bonds is 1. The second kappa shape index (κ2) is 7.71. The van der Waals surface area contributed by atoms with Crippen molar-refractivity contribution < 1.29 is 13.5 Å². The summed E-state index contributed by atoms with van der Waals surface area (Å²) in [4.78, 5) is 8.39. The zero-order chi connectivity index (χ0) is 22.4. The summed E-state index contributed by atoms with van der Waals surface area (Å²) in [6.07, 6.45) is 6.03. The highest BCUT2D eigenvalue weighted by Gasteiger charge is 2.24. The Labute approximate surface area is 183 Å². The molecule has 1 aromatic carbocycles. The van der Waals surface area contributed by atoms with E-state index in [-0.39, 0.29) is 5.82 Å². The van der Waals surface area contributed by atoms with Crippen molar-refractivity contribution >= 4 is 5.82 Å². The lowest BCUT2D eigenvalue weighted by Crippen LogP contribution is -2.10. The Bertz CT molecular complexity index is 1330. The number of anilines is 1. The van der Waals surface area contributed by atoms with Crippen LogP contribution in [-0.4, -0.2) is 19.7 Å². The lowest BCUT2D eigenvalue weighted by Gasteiger charge is -2.22. The fourth-order valence-electron chi connectivity index (χ4n) is 4.27. The first-order chi connectivity index (χ1) is 15.5. The molecule has 1 aliphatic heterocycles. The molecule has 0 aliphatic carbocycles. The summed E-state index contributed by atoms with van der Waals surface area (Å²) >= 11 is 0. The Morgan fingerprint density at radius 3 is 2.78 bits per heavy atom. The largest absolute Gasteiger partial charge is 0.482 e. The molecule has 4 heterocycles. The quantitative estimate of drug-likeness (QED) is 0.460. The zero-order valence-corrected chi connectivity index (χ0v) is 17.6. The van der Waals surface area contributed by atoms with Gasteiger partial charge in [-0.05, 0) is 43.2 Å². The number of fused-ring (bicyclic) bond motifs is 7. The summed E-state index contributed by atoms with van der Waals surface area (Å²) in [5, 5.41) is 4.50. The van der Waals surface area contributed by atoms with Crippen LogP contribution in [0.15, 0.2) is 49.1 Å². The van der Waals surface area contributed by atoms with Crippen LogP contribution in [0.1, 0.15) is 36.6 Å². The number of ether oxygens (including phenoxy) is 1. The second-order valence-electron chi connectivity index (χ2n) is 7.77. The number of halogens is 2. The van der Waals surface area contributed by atoms with Gasteiger partial charge in [0.2, 0.25) is 0 Å². The van der Waals surface area contributed by atoms with Crippen molar-refractivity contribution in [3.8, 4) is 28.1 Å². The maximum Gasteiger partial charge on any atom is 0.166 e. The summed E-state index contributed by atoms with van der Waals surface area (Å²) in [5.41, 5.74) is 10.7. The summed E-state index contributed by atoms with van der Waals surface area (Å²) < 4.78 is 37.4. The van der Waals surface area contributed by atoms with E-state index in [1.54, 1.807) is 31.6 Å². The molecule has 0 radical (unpaired) electrons. The SMILES string of the molecule is CCn1ncc2c1-c1cnc(N)c(c1)O[C@H](C)c1cc(F)ccc1-c1c(F)cncc1C2. The second-order valence-corrected chi connectivity index (χ2v) is 7.77. The van der Waals surface area contributed by atoms with Gasteiger partial charge in [0, 0.05) is 47.6 Å². The van der Waals surface area contributed by atoms with E-state index in [2.05, 4.69) is 15.1 Å². The number of nitrogen functional groups attached to an aromatic ring is 1. The van der Waals surface area contributed by atoms with Gasteiger partial charge >= 0.3 is 0 Å². The standard InChI is InChI=1S/C24H21F2N5O/c1-3-31-23-15(11-30-31)6-14-9-28-12-20(26)22(14)18-5-4-17(25)8-19(18)13(2)32-21-7-16(23)10-29-24(21)27/h4-5,7-13H,3,6H2,1-2H3,(H2,27,29)/t13-/m1/s1. The Kier molecular flexibility index (Phi) is 4.84. The number of aromatic nitrogens is 4. The summed E-state index contributed by atoms with van der Waals surface area (Å²) in [6, 6.07) is 6.07. The average molecular weight is 433 g/mol. The van der Waals surface area contributed by atoms with Gasteiger partial charge in [-0.3, -0.25) is 9.67 Å². The third-order valence-electron chi connectivity index (χ3n) is 5.75. The molecule has 0 unspecified atom stereocenters. The molecule has 162 valence electrons. The van der Waals surface area contributed by atoms with Gasteiger partial charge in [0.1, 0.15) is 17.7 Å². The molecule has 8 heteroatoms. The topological polar surface area (TPSA) is 78.9 Å². The van der Waals surface area contributed by atoms with E-state index in [1.165, 1.54) is 18.3 Å². The van der Waals surface area contributed by atoms with Crippen molar-refractivity contribution in [3.05, 3.63) is 77.4 Å². The van der Waals surface area contributed by atoms with Crippen molar-refractivity contribution in [1.29, 1.82) is 0 Å². The molecule has 0 fully saturated rings. The van der Waals surface area contributed by atoms with E-state index in [1.807, 2.05) is 17.7 Å². The molecule has 6 nitrogen and oxygen atoms in total. The number of nitrogens with zero attached hydrogens (tertiary/aromatic N) is 4. The normalized spacial score (nSPS) is 14.9. The van der Waals surface area contributed by atoms with Crippen molar-refractivity contribution in [2.75, 3.05) is 5.73 Å². The molecule has 32 heavy (non-hydrogen) atoms. The Morgan fingerprint density at radius 1 is 1.12 bits per heavy atom. The molecule has 2 N–H and O–H groups in total. The molecule has 2 bridgehead atoms. The van der Waals surface area contributed by atoms with Gasteiger partial charge in [-0.25, -0.2) is 13.8 Å². The maximum atomic E-state index is 15.2. The van der Waals surface area contributed by atoms with Gasteiger partial charge in [0.25, 0.3) is 0 Å². The van der Waals surface area contributed by atoms with E-state index >= 15 is 4.39 Å². The van der Waals surface area contributed by atoms with Gasteiger partial charge in [-0.15, -0.1) is 0 Å². The van der Waals surface area contributed by atoms with Crippen LogP contribution < -0.4 is 10.5 Å². The molecule has 0 saturated carbocycles. The van der Waals surface area contributed by atoms with Crippen LogP contribution in [0.25, 0.3) is 22.4 Å². The molecular weight excluding hydrogens is 412 g/mol. The number of nitrogens with two attached hydrogens (primary N) is 1. The summed E-state index contributed by atoms with van der Waals surface area (Å²) in [5.74, 6) is -0.330. The highest BCUT2D eigenvalue weighted by molar-refractivity contribution is 5.74. The summed E-state index contributed by atoms with van der Waals surface area (Å²) in [6.45, 7) is 4.41. The van der Waals surface area contributed by atoms with Crippen LogP contribution >= 0.6 is 0 Å². The molecule has 0 saturated heterocycles. The van der Waals surface area contributed by atoms with Crippen LogP contribution in [-0.2, 0) is 13.0 Å². The van der Waals surface area contributed by atoms with Gasteiger partial charge in [-0.1, -0.05) is 6.07 Å². The molecule has 3 aromatic heterocycles. The minimum Gasteiger partial charge on any atom is -0.482 e. The molecule has 1 aliphatic rings. The van der Waals surface area contributed by atoms with Crippen LogP contribution in [0.4, 0.5) is 14.6 Å². The minimum absolute atomic E-state index is 0.218. The number of benzene rings is 1. The van der Waals surface area contributed by atoms with Crippen molar-refractivity contribution in [2.45, 2.75) is 32.9 Å². The lowest BCUT2D eigenvalue weighted by molar-refractivity contribution is 0.227. The van der Waals surface area contributed by atoms with E-state index in [4.69, 9.17) is 10.5 Å². The lowest BCUT2D eigenvalue weighted by atomic mass is 9.90. The highest BCUT2D eigenvalue weighted by Crippen LogP contribution is 2.39. The fourth-order valence-corrected chi connectivity index (χ4v) is 4.27. The summed E-state index contributed by atoms with van der Waals surface area (Å²) in [7, 11) is 0. The van der Waals surface area contributed by atoms with Crippen molar-refractivity contribution in [1.82, 2.24) is 19.7 Å². The van der Waals surface area contributed by atoms with Crippen LogP contribution in [0.2, 0.25) is 0 Å². The average Bonchev–Trinajstić information content (AvgIpc) is 3.18. The van der Waals surface area contributed by atoms with Gasteiger partial charge in [0.15, 0.2) is 11.6 Å². The predicted octanol–water partition coefficient (Wildman–Crippen LogP) is 4.93. The van der Waals surface area contributed by atoms with Crippen molar-refractivity contribution in [2.24, 2.45) is 0 Å². The predicted molar refractivity (Wildman–Crippen MR) is 117 cm³/mol. The minimum atomic E-state index is -0.615. The van der Waals surface area contributed by atoms with E-state index in [0.717, 1.165) is 16.8 Å². The maximum absolute atomic E-state index is 15.2. The van der Waals surface area contributed by atoms with Gasteiger partial charge < -0.3 is 10.5 Å². The highest BCUT2D eigenvalue weighted by atomic mass is 19.1. The van der Waals surface area contributed by atoms with Crippen molar-refractivity contribution in [3.63, 3.8) is 0 Å². The first-order valence-electron chi connectivity index (χ1n) is 10.4. The number of hydrogen-bond donors (Lipinski definition) is 1. The first kappa shape index (κ1) is 20.1. The van der Waals surface area contributed by atoms with Crippen LogP contribution in [0.5, 0.6) is 5.75 Å². The van der Waals surface area contributed by atoms with Crippen LogP contribution in [0, 0.1) is 11.6 Å². The fraction of sp³-hybridized carbons (Fsp3) is 0.208. The molecular formula is C24H21F2N5O. The van der Waals surface area contributed by atoms with Crippen LogP contribution in [0.3, 0.4) is 0 Å².